The maximum atomic E-state index is 12.7. The molecule has 132 valence electrons. The van der Waals surface area contributed by atoms with E-state index in [0.29, 0.717) is 23.4 Å². The number of aliphatic imine (C=N–C) groups is 1. The zero-order valence-corrected chi connectivity index (χ0v) is 15.2. The van der Waals surface area contributed by atoms with Crippen LogP contribution in [0.3, 0.4) is 0 Å². The van der Waals surface area contributed by atoms with Crippen LogP contribution in [0.4, 0.5) is 4.79 Å². The number of urea groups is 1. The van der Waals surface area contributed by atoms with Gasteiger partial charge in [-0.25, -0.2) is 9.37 Å². The van der Waals surface area contributed by atoms with Crippen molar-refractivity contribution in [3.63, 3.8) is 0 Å². The summed E-state index contributed by atoms with van der Waals surface area (Å²) in [7, 11) is 3.14. The molecule has 8 heteroatoms. The molecule has 0 radical (unpaired) electrons. The van der Waals surface area contributed by atoms with E-state index in [4.69, 9.17) is 11.6 Å². The molecular weight excluding hydrogens is 342 g/mol. The molecule has 1 aromatic carbocycles. The fraction of sp³-hybridized carbons (Fsp3) is 0.412. The largest absolute Gasteiger partial charge is 0.390 e. The molecule has 3 amide bonds. The monoisotopic (exact) mass is 362 g/mol. The van der Waals surface area contributed by atoms with Crippen molar-refractivity contribution < 1.29 is 14.2 Å². The van der Waals surface area contributed by atoms with Gasteiger partial charge in [0.1, 0.15) is 0 Å². The molecule has 1 atom stereocenters. The van der Waals surface area contributed by atoms with Gasteiger partial charge in [-0.3, -0.25) is 19.9 Å². The summed E-state index contributed by atoms with van der Waals surface area (Å²) >= 11 is 5.95. The third kappa shape index (κ3) is 3.11. The summed E-state index contributed by atoms with van der Waals surface area (Å²) < 4.78 is 1.90. The van der Waals surface area contributed by atoms with Gasteiger partial charge >= 0.3 is 12.0 Å². The molecule has 1 aromatic rings. The Hall–Kier alpha value is -2.41. The Labute approximate surface area is 151 Å². The number of hydrogen-bond donors (Lipinski definition) is 1. The number of guanidine groups is 1. The van der Waals surface area contributed by atoms with Crippen LogP contribution in [0.2, 0.25) is 5.02 Å². The van der Waals surface area contributed by atoms with Gasteiger partial charge in [0.05, 0.1) is 13.1 Å². The number of amidine groups is 1. The molecule has 1 fully saturated rings. The lowest BCUT2D eigenvalue weighted by Crippen LogP contribution is -2.61. The van der Waals surface area contributed by atoms with Crippen molar-refractivity contribution in [1.82, 2.24) is 15.1 Å². The highest BCUT2D eigenvalue weighted by Crippen LogP contribution is 2.20. The van der Waals surface area contributed by atoms with Crippen LogP contribution in [0.1, 0.15) is 18.9 Å². The van der Waals surface area contributed by atoms with Crippen LogP contribution in [0.25, 0.3) is 0 Å². The van der Waals surface area contributed by atoms with Gasteiger partial charge < -0.3 is 0 Å². The molecule has 2 heterocycles. The number of nitrogens with one attached hydrogen (secondary N) is 1. The van der Waals surface area contributed by atoms with E-state index in [2.05, 4.69) is 17.2 Å². The highest BCUT2D eigenvalue weighted by molar-refractivity contribution is 6.30. The number of rotatable bonds is 4. The Bertz CT molecular complexity index is 772. The van der Waals surface area contributed by atoms with Gasteiger partial charge in [0.2, 0.25) is 11.9 Å². The quantitative estimate of drug-likeness (QED) is 0.825. The molecule has 1 unspecified atom stereocenters. The molecule has 0 aliphatic carbocycles. The molecule has 0 bridgehead atoms. The predicted octanol–water partition coefficient (Wildman–Crippen LogP) is 1.51. The van der Waals surface area contributed by atoms with E-state index in [1.807, 2.05) is 28.8 Å². The Balaban J connectivity index is 1.98. The van der Waals surface area contributed by atoms with Gasteiger partial charge in [0.25, 0.3) is 5.91 Å². The van der Waals surface area contributed by atoms with E-state index in [1.165, 1.54) is 11.9 Å². The van der Waals surface area contributed by atoms with Crippen molar-refractivity contribution in [2.45, 2.75) is 25.9 Å². The van der Waals surface area contributed by atoms with Gasteiger partial charge in [0.15, 0.2) is 0 Å². The number of nitrogens with zero attached hydrogens (tertiary/aromatic N) is 4. The lowest BCUT2D eigenvalue weighted by molar-refractivity contribution is -0.553. The maximum absolute atomic E-state index is 12.7. The van der Waals surface area contributed by atoms with E-state index >= 15 is 0 Å². The topological polar surface area (TPSA) is 68.0 Å². The van der Waals surface area contributed by atoms with Gasteiger partial charge in [-0.2, -0.15) is 0 Å². The Kier molecular flexibility index (Phi) is 4.76. The molecule has 1 N–H and O–H groups in total. The standard InChI is InChI=1S/C17H20ClN5O2/c1-4-9-19-16-20-14-13(15(24)22(3)17(25)21(14)2)23(16)10-11-5-7-12(18)8-6-11/h5-8,13H,4,9-10H2,1-3H3/p+1. The normalized spacial score (nSPS) is 20.2. The molecule has 2 aliphatic heterocycles. The molecule has 2 aliphatic rings. The van der Waals surface area contributed by atoms with Crippen molar-refractivity contribution in [2.75, 3.05) is 20.6 Å². The predicted molar refractivity (Wildman–Crippen MR) is 95.9 cm³/mol. The summed E-state index contributed by atoms with van der Waals surface area (Å²) in [6.45, 7) is 3.28. The fourth-order valence-corrected chi connectivity index (χ4v) is 3.05. The summed E-state index contributed by atoms with van der Waals surface area (Å²) in [6, 6.07) is 6.50. The first-order valence-corrected chi connectivity index (χ1v) is 8.57. The van der Waals surface area contributed by atoms with Crippen LogP contribution >= 0.6 is 11.6 Å². The minimum absolute atomic E-state index is 0.274. The van der Waals surface area contributed by atoms with E-state index in [1.54, 1.807) is 7.05 Å². The van der Waals surface area contributed by atoms with E-state index in [-0.39, 0.29) is 11.9 Å². The Morgan fingerprint density at radius 3 is 2.52 bits per heavy atom. The summed E-state index contributed by atoms with van der Waals surface area (Å²) in [5, 5.41) is 3.92. The number of halogens is 1. The lowest BCUT2D eigenvalue weighted by atomic mass is 10.1. The summed E-state index contributed by atoms with van der Waals surface area (Å²) in [4.78, 5) is 32.0. The van der Waals surface area contributed by atoms with Gasteiger partial charge in [-0.05, 0) is 24.1 Å². The fourth-order valence-electron chi connectivity index (χ4n) is 2.93. The van der Waals surface area contributed by atoms with Crippen molar-refractivity contribution in [3.8, 4) is 0 Å². The summed E-state index contributed by atoms with van der Waals surface area (Å²) in [6.07, 6.45) is 0.927. The zero-order valence-electron chi connectivity index (χ0n) is 14.5. The smallest absolute Gasteiger partial charge is 0.275 e. The lowest BCUT2D eigenvalue weighted by Gasteiger charge is -2.31. The number of carbonyl (C=O) groups excluding carboxylic acids is 2. The first-order valence-electron chi connectivity index (χ1n) is 8.19. The first-order chi connectivity index (χ1) is 11.9. The second-order valence-electron chi connectivity index (χ2n) is 6.12. The van der Waals surface area contributed by atoms with Crippen molar-refractivity contribution in [2.24, 2.45) is 4.99 Å². The van der Waals surface area contributed by atoms with Gasteiger partial charge in [-0.15, -0.1) is 0 Å². The molecule has 0 aromatic heterocycles. The third-order valence-electron chi connectivity index (χ3n) is 4.33. The number of imide groups is 1. The highest BCUT2D eigenvalue weighted by Gasteiger charge is 2.51. The number of fused-ring (bicyclic) bond motifs is 1. The second kappa shape index (κ2) is 6.84. The van der Waals surface area contributed by atoms with E-state index in [9.17, 15) is 9.59 Å². The molecule has 7 nitrogen and oxygen atoms in total. The minimum Gasteiger partial charge on any atom is -0.275 e. The van der Waals surface area contributed by atoms with Crippen LogP contribution in [0.15, 0.2) is 29.3 Å². The number of hydrogen-bond acceptors (Lipinski definition) is 4. The van der Waals surface area contributed by atoms with Crippen LogP contribution < -0.4 is 5.32 Å². The van der Waals surface area contributed by atoms with Crippen molar-refractivity contribution in [3.05, 3.63) is 34.9 Å². The summed E-state index contributed by atoms with van der Waals surface area (Å²) in [5.41, 5.74) is 1.01. The number of likely N-dealkylation sites (N-methyl/N-ethyl adjacent to an activating group) is 2. The maximum Gasteiger partial charge on any atom is 0.390 e. The minimum atomic E-state index is -0.609. The van der Waals surface area contributed by atoms with Crippen LogP contribution in [0.5, 0.6) is 0 Å². The summed E-state index contributed by atoms with van der Waals surface area (Å²) in [5.74, 6) is 0.796. The van der Waals surface area contributed by atoms with Crippen LogP contribution in [-0.4, -0.2) is 64.8 Å². The van der Waals surface area contributed by atoms with E-state index < -0.39 is 6.04 Å². The molecule has 25 heavy (non-hydrogen) atoms. The van der Waals surface area contributed by atoms with Gasteiger partial charge in [0, 0.05) is 19.1 Å². The van der Waals surface area contributed by atoms with Crippen LogP contribution in [0, 0.1) is 0 Å². The molecular formula is C17H21ClN5O2+. The van der Waals surface area contributed by atoms with Crippen molar-refractivity contribution >= 4 is 35.3 Å². The van der Waals surface area contributed by atoms with Gasteiger partial charge in [-0.1, -0.05) is 35.6 Å². The third-order valence-corrected chi connectivity index (χ3v) is 4.58. The Morgan fingerprint density at radius 2 is 1.88 bits per heavy atom. The zero-order chi connectivity index (χ0) is 18.1. The van der Waals surface area contributed by atoms with Crippen LogP contribution in [-0.2, 0) is 11.3 Å². The highest BCUT2D eigenvalue weighted by atomic mass is 35.5. The number of amides is 3. The molecule has 3 rings (SSSR count). The number of benzene rings is 1. The SMILES string of the molecule is CCCNC1=[N+](Cc2ccc(Cl)cc2)C2C(=O)N(C)C(=O)N(C)C2=N1. The number of carbonyl (C=O) groups is 2. The average molecular weight is 363 g/mol. The molecule has 0 spiro atoms. The van der Waals surface area contributed by atoms with E-state index in [0.717, 1.165) is 23.4 Å². The molecule has 1 saturated heterocycles. The second-order valence-corrected chi connectivity index (χ2v) is 6.55. The average Bonchev–Trinajstić information content (AvgIpc) is 2.96. The molecule has 0 saturated carbocycles. The Morgan fingerprint density at radius 1 is 1.20 bits per heavy atom. The van der Waals surface area contributed by atoms with Crippen molar-refractivity contribution in [1.29, 1.82) is 0 Å². The first kappa shape index (κ1) is 17.4.